The minimum absolute atomic E-state index is 0.209. The van der Waals surface area contributed by atoms with Gasteiger partial charge in [-0.25, -0.2) is 0 Å². The highest BCUT2D eigenvalue weighted by Gasteiger charge is 2.27. The van der Waals surface area contributed by atoms with E-state index in [0.29, 0.717) is 24.9 Å². The second-order valence-electron chi connectivity index (χ2n) is 6.27. The van der Waals surface area contributed by atoms with E-state index in [2.05, 4.69) is 27.2 Å². The molecule has 26 heavy (non-hydrogen) atoms. The Kier molecular flexibility index (Phi) is 4.95. The molecule has 2 heterocycles. The molecule has 0 bridgehead atoms. The summed E-state index contributed by atoms with van der Waals surface area (Å²) in [5.74, 6) is 1.99. The molecule has 0 amide bonds. The third kappa shape index (κ3) is 3.76. The van der Waals surface area contributed by atoms with Gasteiger partial charge in [0.1, 0.15) is 11.9 Å². The van der Waals surface area contributed by atoms with E-state index in [1.165, 1.54) is 5.56 Å². The first-order valence-electron chi connectivity index (χ1n) is 8.68. The molecule has 0 saturated carbocycles. The van der Waals surface area contributed by atoms with Gasteiger partial charge in [-0.1, -0.05) is 47.6 Å². The number of hydrogen-bond donors (Lipinski definition) is 0. The quantitative estimate of drug-likeness (QED) is 0.703. The number of nitrogens with zero attached hydrogens (tertiary/aromatic N) is 3. The minimum atomic E-state index is -0.209. The Bertz CT molecular complexity index is 850. The van der Waals surface area contributed by atoms with Crippen LogP contribution in [0.1, 0.15) is 17.6 Å². The molecule has 0 radical (unpaired) electrons. The third-order valence-electron chi connectivity index (χ3n) is 4.44. The van der Waals surface area contributed by atoms with Crippen molar-refractivity contribution in [2.24, 2.45) is 0 Å². The molecule has 1 unspecified atom stereocenters. The first-order chi connectivity index (χ1) is 12.8. The van der Waals surface area contributed by atoms with Gasteiger partial charge in [0, 0.05) is 25.2 Å². The zero-order chi connectivity index (χ0) is 17.8. The van der Waals surface area contributed by atoms with E-state index in [-0.39, 0.29) is 6.10 Å². The Hall–Kier alpha value is -2.70. The van der Waals surface area contributed by atoms with Gasteiger partial charge in [0.05, 0.1) is 13.7 Å². The predicted molar refractivity (Wildman–Crippen MR) is 96.7 cm³/mol. The van der Waals surface area contributed by atoms with Crippen LogP contribution in [0.4, 0.5) is 0 Å². The highest BCUT2D eigenvalue weighted by atomic mass is 16.5. The average Bonchev–Trinajstić information content (AvgIpc) is 3.19. The van der Waals surface area contributed by atoms with E-state index in [9.17, 15) is 0 Å². The van der Waals surface area contributed by atoms with Gasteiger partial charge in [-0.15, -0.1) is 0 Å². The molecule has 134 valence electrons. The van der Waals surface area contributed by atoms with Crippen molar-refractivity contribution < 1.29 is 14.0 Å². The number of benzene rings is 2. The number of methoxy groups -OCH3 is 1. The molecule has 1 atom stereocenters. The fourth-order valence-corrected chi connectivity index (χ4v) is 3.10. The van der Waals surface area contributed by atoms with E-state index < -0.39 is 0 Å². The Morgan fingerprint density at radius 1 is 1.15 bits per heavy atom. The van der Waals surface area contributed by atoms with Gasteiger partial charge < -0.3 is 14.0 Å². The lowest BCUT2D eigenvalue weighted by Gasteiger charge is -2.31. The summed E-state index contributed by atoms with van der Waals surface area (Å²) in [6.45, 7) is 3.05. The smallest absolute Gasteiger partial charge is 0.257 e. The molecule has 0 N–H and O–H groups in total. The molecule has 2 aromatic carbocycles. The maximum absolute atomic E-state index is 5.86. The van der Waals surface area contributed by atoms with Crippen LogP contribution < -0.4 is 4.74 Å². The molecule has 1 aliphatic rings. The van der Waals surface area contributed by atoms with Crippen molar-refractivity contribution in [3.63, 3.8) is 0 Å². The minimum Gasteiger partial charge on any atom is -0.497 e. The number of ether oxygens (including phenoxy) is 2. The first kappa shape index (κ1) is 16.8. The van der Waals surface area contributed by atoms with Crippen molar-refractivity contribution >= 4 is 0 Å². The van der Waals surface area contributed by atoms with Crippen LogP contribution in [-0.4, -0.2) is 41.8 Å². The zero-order valence-corrected chi connectivity index (χ0v) is 14.7. The summed E-state index contributed by atoms with van der Waals surface area (Å²) >= 11 is 0. The molecule has 4 rings (SSSR count). The van der Waals surface area contributed by atoms with Crippen LogP contribution in [0, 0.1) is 0 Å². The Morgan fingerprint density at radius 3 is 2.88 bits per heavy atom. The fraction of sp³-hybridized carbons (Fsp3) is 0.300. The molecule has 1 aliphatic heterocycles. The molecule has 1 aromatic heterocycles. The largest absolute Gasteiger partial charge is 0.497 e. The van der Waals surface area contributed by atoms with Crippen LogP contribution in [0.2, 0.25) is 0 Å². The lowest BCUT2D eigenvalue weighted by molar-refractivity contribution is -0.0475. The maximum Gasteiger partial charge on any atom is 0.257 e. The van der Waals surface area contributed by atoms with Crippen molar-refractivity contribution in [2.45, 2.75) is 12.6 Å². The van der Waals surface area contributed by atoms with Crippen molar-refractivity contribution in [3.8, 4) is 17.1 Å². The average molecular weight is 351 g/mol. The molecule has 1 fully saturated rings. The Labute approximate surface area is 152 Å². The SMILES string of the molecule is COc1cccc(CN2CCOC(c3nc(-c4ccccc4)no3)C2)c1. The topological polar surface area (TPSA) is 60.6 Å². The Morgan fingerprint density at radius 2 is 2.04 bits per heavy atom. The highest BCUT2D eigenvalue weighted by Crippen LogP contribution is 2.25. The monoisotopic (exact) mass is 351 g/mol. The number of hydrogen-bond acceptors (Lipinski definition) is 6. The van der Waals surface area contributed by atoms with Crippen LogP contribution in [0.3, 0.4) is 0 Å². The summed E-state index contributed by atoms with van der Waals surface area (Å²) in [5, 5.41) is 4.09. The number of aromatic nitrogens is 2. The fourth-order valence-electron chi connectivity index (χ4n) is 3.10. The normalized spacial score (nSPS) is 18.0. The summed E-state index contributed by atoms with van der Waals surface area (Å²) in [6.07, 6.45) is -0.209. The van der Waals surface area contributed by atoms with Gasteiger partial charge in [-0.2, -0.15) is 4.98 Å². The molecule has 0 spiro atoms. The van der Waals surface area contributed by atoms with Gasteiger partial charge in [-0.3, -0.25) is 4.90 Å². The predicted octanol–water partition coefficient (Wildman–Crippen LogP) is 3.32. The summed E-state index contributed by atoms with van der Waals surface area (Å²) in [5.41, 5.74) is 2.15. The summed E-state index contributed by atoms with van der Waals surface area (Å²) in [6, 6.07) is 17.9. The van der Waals surface area contributed by atoms with E-state index >= 15 is 0 Å². The molecular formula is C20H21N3O3. The summed E-state index contributed by atoms with van der Waals surface area (Å²) < 4.78 is 16.6. The van der Waals surface area contributed by atoms with Crippen LogP contribution in [-0.2, 0) is 11.3 Å². The third-order valence-corrected chi connectivity index (χ3v) is 4.44. The van der Waals surface area contributed by atoms with Gasteiger partial charge in [0.25, 0.3) is 5.89 Å². The van der Waals surface area contributed by atoms with Gasteiger partial charge >= 0.3 is 0 Å². The van der Waals surface area contributed by atoms with Gasteiger partial charge in [0.15, 0.2) is 0 Å². The molecule has 3 aromatic rings. The lowest BCUT2D eigenvalue weighted by Crippen LogP contribution is -2.37. The van der Waals surface area contributed by atoms with Crippen molar-refractivity contribution in [1.29, 1.82) is 0 Å². The zero-order valence-electron chi connectivity index (χ0n) is 14.7. The second kappa shape index (κ2) is 7.68. The standard InChI is InChI=1S/C20H21N3O3/c1-24-17-9-5-6-15(12-17)13-23-10-11-25-18(14-23)20-21-19(22-26-20)16-7-3-2-4-8-16/h2-9,12,18H,10-11,13-14H2,1H3. The summed E-state index contributed by atoms with van der Waals surface area (Å²) in [7, 11) is 1.68. The van der Waals surface area contributed by atoms with Gasteiger partial charge in [-0.05, 0) is 17.7 Å². The van der Waals surface area contributed by atoms with E-state index in [1.54, 1.807) is 7.11 Å². The van der Waals surface area contributed by atoms with E-state index in [1.807, 2.05) is 42.5 Å². The Balaban J connectivity index is 1.44. The number of rotatable bonds is 5. The van der Waals surface area contributed by atoms with Crippen molar-refractivity contribution in [1.82, 2.24) is 15.0 Å². The van der Waals surface area contributed by atoms with Crippen molar-refractivity contribution in [2.75, 3.05) is 26.8 Å². The van der Waals surface area contributed by atoms with Crippen LogP contribution in [0.25, 0.3) is 11.4 Å². The molecule has 0 aliphatic carbocycles. The highest BCUT2D eigenvalue weighted by molar-refractivity contribution is 5.53. The molecule has 6 heteroatoms. The van der Waals surface area contributed by atoms with Crippen LogP contribution in [0.5, 0.6) is 5.75 Å². The van der Waals surface area contributed by atoms with Gasteiger partial charge in [0.2, 0.25) is 5.82 Å². The lowest BCUT2D eigenvalue weighted by atomic mass is 10.1. The summed E-state index contributed by atoms with van der Waals surface area (Å²) in [4.78, 5) is 6.85. The molecule has 1 saturated heterocycles. The van der Waals surface area contributed by atoms with E-state index in [4.69, 9.17) is 14.0 Å². The van der Waals surface area contributed by atoms with Crippen molar-refractivity contribution in [3.05, 3.63) is 66.1 Å². The molecule has 6 nitrogen and oxygen atoms in total. The van der Waals surface area contributed by atoms with Crippen LogP contribution in [0.15, 0.2) is 59.1 Å². The number of morpholine rings is 1. The second-order valence-corrected chi connectivity index (χ2v) is 6.27. The maximum atomic E-state index is 5.86. The van der Waals surface area contributed by atoms with Crippen LogP contribution >= 0.6 is 0 Å². The first-order valence-corrected chi connectivity index (χ1v) is 8.68. The molecular weight excluding hydrogens is 330 g/mol. The van der Waals surface area contributed by atoms with E-state index in [0.717, 1.165) is 24.4 Å².